The standard InChI is InChI=1S/C16H16O5/c1-8-13(9(2)17)15(18)16(19)14(8)10-5-6-11(20-3)12(7-10)21-4/h5-7H,1-4H3,(H,18,19). The van der Waals surface area contributed by atoms with Crippen molar-refractivity contribution in [3.8, 4) is 11.5 Å². The Balaban J connectivity index is 2.58. The Labute approximate surface area is 122 Å². The second kappa shape index (κ2) is 5.44. The number of allylic oxidation sites excluding steroid dienone is 3. The molecule has 21 heavy (non-hydrogen) atoms. The zero-order valence-corrected chi connectivity index (χ0v) is 12.3. The van der Waals surface area contributed by atoms with E-state index < -0.39 is 11.5 Å². The summed E-state index contributed by atoms with van der Waals surface area (Å²) in [6.07, 6.45) is 0. The third-order valence-corrected chi connectivity index (χ3v) is 3.45. The molecule has 0 heterocycles. The van der Waals surface area contributed by atoms with Crippen molar-refractivity contribution in [1.29, 1.82) is 0 Å². The van der Waals surface area contributed by atoms with Gasteiger partial charge in [-0.25, -0.2) is 0 Å². The van der Waals surface area contributed by atoms with Crippen molar-refractivity contribution < 1.29 is 24.2 Å². The van der Waals surface area contributed by atoms with E-state index in [2.05, 4.69) is 0 Å². The predicted molar refractivity (Wildman–Crippen MR) is 77.5 cm³/mol. The fraction of sp³-hybridized carbons (Fsp3) is 0.250. The van der Waals surface area contributed by atoms with Crippen LogP contribution in [0.3, 0.4) is 0 Å². The van der Waals surface area contributed by atoms with Crippen molar-refractivity contribution >= 4 is 17.1 Å². The first-order chi connectivity index (χ1) is 9.92. The van der Waals surface area contributed by atoms with Crippen molar-refractivity contribution in [2.75, 3.05) is 14.2 Å². The zero-order valence-electron chi connectivity index (χ0n) is 12.3. The Morgan fingerprint density at radius 2 is 1.76 bits per heavy atom. The highest BCUT2D eigenvalue weighted by Crippen LogP contribution is 2.38. The van der Waals surface area contributed by atoms with E-state index in [0.717, 1.165) is 0 Å². The van der Waals surface area contributed by atoms with Gasteiger partial charge >= 0.3 is 0 Å². The smallest absolute Gasteiger partial charge is 0.228 e. The number of carbonyl (C=O) groups excluding carboxylic acids is 2. The van der Waals surface area contributed by atoms with Crippen LogP contribution in [0, 0.1) is 0 Å². The molecular weight excluding hydrogens is 272 g/mol. The number of aliphatic hydroxyl groups is 1. The molecule has 5 nitrogen and oxygen atoms in total. The molecule has 1 N–H and O–H groups in total. The van der Waals surface area contributed by atoms with E-state index in [-0.39, 0.29) is 11.4 Å². The van der Waals surface area contributed by atoms with Gasteiger partial charge in [0.1, 0.15) is 0 Å². The Bertz CT molecular complexity index is 695. The van der Waals surface area contributed by atoms with Crippen molar-refractivity contribution in [3.63, 3.8) is 0 Å². The second-order valence-electron chi connectivity index (χ2n) is 4.68. The van der Waals surface area contributed by atoms with E-state index in [1.165, 1.54) is 21.1 Å². The SMILES string of the molecule is COc1ccc(C2=C(C)C(C(C)=O)=C(O)C2=O)cc1OC. The number of benzene rings is 1. The van der Waals surface area contributed by atoms with E-state index >= 15 is 0 Å². The fourth-order valence-electron chi connectivity index (χ4n) is 2.47. The molecule has 1 aliphatic carbocycles. The van der Waals surface area contributed by atoms with Crippen molar-refractivity contribution in [2.45, 2.75) is 13.8 Å². The van der Waals surface area contributed by atoms with Crippen molar-refractivity contribution in [3.05, 3.63) is 40.7 Å². The molecule has 1 aromatic rings. The summed E-state index contributed by atoms with van der Waals surface area (Å²) in [4.78, 5) is 23.8. The number of rotatable bonds is 4. The van der Waals surface area contributed by atoms with E-state index in [1.807, 2.05) is 0 Å². The van der Waals surface area contributed by atoms with Crippen molar-refractivity contribution in [2.24, 2.45) is 0 Å². The first-order valence-corrected chi connectivity index (χ1v) is 6.34. The first-order valence-electron chi connectivity index (χ1n) is 6.34. The predicted octanol–water partition coefficient (Wildman–Crippen LogP) is 2.46. The quantitative estimate of drug-likeness (QED) is 0.921. The van der Waals surface area contributed by atoms with Gasteiger partial charge in [-0.3, -0.25) is 9.59 Å². The summed E-state index contributed by atoms with van der Waals surface area (Å²) in [5, 5.41) is 9.87. The molecule has 0 atom stereocenters. The van der Waals surface area contributed by atoms with Crippen molar-refractivity contribution in [1.82, 2.24) is 0 Å². The molecule has 5 heteroatoms. The zero-order chi connectivity index (χ0) is 15.7. The summed E-state index contributed by atoms with van der Waals surface area (Å²) in [6, 6.07) is 5.00. The van der Waals surface area contributed by atoms with E-state index in [4.69, 9.17) is 9.47 Å². The van der Waals surface area contributed by atoms with Crippen LogP contribution in [0.5, 0.6) is 11.5 Å². The number of Topliss-reactive ketones (excluding diaryl/α,β-unsaturated/α-hetero) is 2. The molecule has 0 amide bonds. The maximum absolute atomic E-state index is 12.2. The molecule has 110 valence electrons. The number of carbonyl (C=O) groups is 2. The Morgan fingerprint density at radius 3 is 2.24 bits per heavy atom. The van der Waals surface area contributed by atoms with Gasteiger partial charge in [0.2, 0.25) is 5.78 Å². The molecule has 0 radical (unpaired) electrons. The number of hydrogen-bond acceptors (Lipinski definition) is 5. The van der Waals surface area contributed by atoms with Gasteiger partial charge in [-0.15, -0.1) is 0 Å². The largest absolute Gasteiger partial charge is 0.504 e. The minimum Gasteiger partial charge on any atom is -0.504 e. The van der Waals surface area contributed by atoms with Gasteiger partial charge in [0.05, 0.1) is 19.8 Å². The van der Waals surface area contributed by atoms with Crippen LogP contribution in [0.2, 0.25) is 0 Å². The van der Waals surface area contributed by atoms with Crippen LogP contribution in [0.25, 0.3) is 5.57 Å². The molecule has 0 aliphatic heterocycles. The van der Waals surface area contributed by atoms with Gasteiger partial charge in [0, 0.05) is 5.57 Å². The number of ketones is 2. The number of hydrogen-bond donors (Lipinski definition) is 1. The summed E-state index contributed by atoms with van der Waals surface area (Å²) in [7, 11) is 3.01. The fourth-order valence-corrected chi connectivity index (χ4v) is 2.47. The number of aliphatic hydroxyl groups excluding tert-OH is 1. The highest BCUT2D eigenvalue weighted by Gasteiger charge is 2.33. The lowest BCUT2D eigenvalue weighted by molar-refractivity contribution is -0.115. The molecule has 1 aromatic carbocycles. The van der Waals surface area contributed by atoms with E-state index in [9.17, 15) is 14.7 Å². The minimum absolute atomic E-state index is 0.0739. The van der Waals surface area contributed by atoms with Gasteiger partial charge in [0.15, 0.2) is 23.0 Å². The Morgan fingerprint density at radius 1 is 1.14 bits per heavy atom. The normalized spacial score (nSPS) is 14.8. The highest BCUT2D eigenvalue weighted by molar-refractivity contribution is 6.35. The van der Waals surface area contributed by atoms with Crippen LogP contribution in [0.1, 0.15) is 19.4 Å². The minimum atomic E-state index is -0.551. The lowest BCUT2D eigenvalue weighted by atomic mass is 9.98. The van der Waals surface area contributed by atoms with Crippen LogP contribution >= 0.6 is 0 Å². The molecule has 0 aromatic heterocycles. The van der Waals surface area contributed by atoms with E-state index in [1.54, 1.807) is 25.1 Å². The summed E-state index contributed by atoms with van der Waals surface area (Å²) in [6.45, 7) is 2.96. The molecule has 0 saturated carbocycles. The summed E-state index contributed by atoms with van der Waals surface area (Å²) < 4.78 is 10.4. The highest BCUT2D eigenvalue weighted by atomic mass is 16.5. The van der Waals surface area contributed by atoms with Crippen LogP contribution in [0.15, 0.2) is 35.1 Å². The maximum Gasteiger partial charge on any atom is 0.228 e. The summed E-state index contributed by atoms with van der Waals surface area (Å²) in [5.41, 5.74) is 1.42. The summed E-state index contributed by atoms with van der Waals surface area (Å²) >= 11 is 0. The molecule has 0 fully saturated rings. The monoisotopic (exact) mass is 288 g/mol. The van der Waals surface area contributed by atoms with Crippen LogP contribution in [-0.2, 0) is 9.59 Å². The van der Waals surface area contributed by atoms with Crippen LogP contribution in [0.4, 0.5) is 0 Å². The molecule has 2 rings (SSSR count). The average molecular weight is 288 g/mol. The number of ether oxygens (including phenoxy) is 2. The van der Waals surface area contributed by atoms with Gasteiger partial charge in [-0.1, -0.05) is 6.07 Å². The van der Waals surface area contributed by atoms with Gasteiger partial charge < -0.3 is 14.6 Å². The molecule has 0 bridgehead atoms. The van der Waals surface area contributed by atoms with E-state index in [0.29, 0.717) is 28.2 Å². The third kappa shape index (κ3) is 2.31. The topological polar surface area (TPSA) is 72.8 Å². The lowest BCUT2D eigenvalue weighted by Gasteiger charge is -2.10. The van der Waals surface area contributed by atoms with Crippen LogP contribution in [-0.4, -0.2) is 30.9 Å². The first kappa shape index (κ1) is 14.8. The number of methoxy groups -OCH3 is 2. The molecule has 0 saturated heterocycles. The second-order valence-corrected chi connectivity index (χ2v) is 4.68. The van der Waals surface area contributed by atoms with Gasteiger partial charge in [-0.05, 0) is 37.1 Å². The lowest BCUT2D eigenvalue weighted by Crippen LogP contribution is -2.03. The Kier molecular flexibility index (Phi) is 3.84. The average Bonchev–Trinajstić information content (AvgIpc) is 2.68. The van der Waals surface area contributed by atoms with Gasteiger partial charge in [0.25, 0.3) is 0 Å². The molecule has 1 aliphatic rings. The van der Waals surface area contributed by atoms with Crippen LogP contribution < -0.4 is 9.47 Å². The van der Waals surface area contributed by atoms with Gasteiger partial charge in [-0.2, -0.15) is 0 Å². The molecule has 0 spiro atoms. The Hall–Kier alpha value is -2.56. The molecule has 0 unspecified atom stereocenters. The third-order valence-electron chi connectivity index (χ3n) is 3.45. The maximum atomic E-state index is 12.2. The summed E-state index contributed by atoms with van der Waals surface area (Å²) in [5.74, 6) is -0.378. The molecular formula is C16H16O5.